The number of hydrogen-bond acceptors (Lipinski definition) is 7. The Morgan fingerprint density at radius 3 is 2.62 bits per heavy atom. The molecule has 3 N–H and O–H groups in total. The zero-order valence-electron chi connectivity index (χ0n) is 17.5. The van der Waals surface area contributed by atoms with Crippen LogP contribution >= 0.6 is 11.6 Å². The Balaban J connectivity index is 1.45. The number of rotatable bonds is 5. The van der Waals surface area contributed by atoms with E-state index in [0.717, 1.165) is 16.7 Å². The van der Waals surface area contributed by atoms with Gasteiger partial charge >= 0.3 is 5.97 Å². The third-order valence-corrected chi connectivity index (χ3v) is 5.98. The van der Waals surface area contributed by atoms with E-state index in [9.17, 15) is 14.7 Å². The minimum Gasteiger partial charge on any atom is -0.478 e. The first kappa shape index (κ1) is 21.7. The van der Waals surface area contributed by atoms with Crippen molar-refractivity contribution in [2.75, 3.05) is 5.32 Å². The number of carboxylic acid groups (broad SMARTS) is 1. The maximum absolute atomic E-state index is 13.0. The molecule has 0 bridgehead atoms. The van der Waals surface area contributed by atoms with Crippen molar-refractivity contribution in [1.29, 1.82) is 0 Å². The van der Waals surface area contributed by atoms with Gasteiger partial charge in [-0.2, -0.15) is 4.68 Å². The van der Waals surface area contributed by atoms with Gasteiger partial charge in [0.25, 0.3) is 5.91 Å². The maximum atomic E-state index is 13.0. The van der Waals surface area contributed by atoms with E-state index in [2.05, 4.69) is 25.8 Å². The first-order valence-electron chi connectivity index (χ1n) is 10.2. The second-order valence-corrected chi connectivity index (χ2v) is 8.28. The Hall–Kier alpha value is -4.15. The number of aliphatic hydroxyl groups is 1. The van der Waals surface area contributed by atoms with E-state index < -0.39 is 17.5 Å². The van der Waals surface area contributed by atoms with Gasteiger partial charge in [0.1, 0.15) is 6.33 Å². The lowest BCUT2D eigenvalue weighted by Gasteiger charge is -2.22. The molecule has 2 aromatic heterocycles. The molecule has 2 aromatic carbocycles. The smallest absolute Gasteiger partial charge is 0.335 e. The molecular weight excluding hydrogens is 460 g/mol. The predicted octanol–water partition coefficient (Wildman–Crippen LogP) is 2.85. The molecule has 0 fully saturated rings. The average Bonchev–Trinajstić information content (AvgIpc) is 3.48. The van der Waals surface area contributed by atoms with Crippen LogP contribution in [0.4, 0.5) is 5.69 Å². The Labute approximate surface area is 197 Å². The Bertz CT molecular complexity index is 1410. The third kappa shape index (κ3) is 3.78. The van der Waals surface area contributed by atoms with Crippen LogP contribution in [0, 0.1) is 0 Å². The second kappa shape index (κ2) is 8.32. The zero-order valence-corrected chi connectivity index (χ0v) is 18.3. The third-order valence-electron chi connectivity index (χ3n) is 5.75. The highest BCUT2D eigenvalue weighted by atomic mass is 35.5. The summed E-state index contributed by atoms with van der Waals surface area (Å²) in [6, 6.07) is 12.9. The number of pyridine rings is 1. The Kier molecular flexibility index (Phi) is 5.31. The van der Waals surface area contributed by atoms with Crippen LogP contribution in [0.2, 0.25) is 5.02 Å². The molecule has 0 radical (unpaired) electrons. The fourth-order valence-electron chi connectivity index (χ4n) is 4.02. The van der Waals surface area contributed by atoms with Gasteiger partial charge in [-0.1, -0.05) is 11.6 Å². The summed E-state index contributed by atoms with van der Waals surface area (Å²) in [6.45, 7) is 0. The summed E-state index contributed by atoms with van der Waals surface area (Å²) in [7, 11) is 0. The van der Waals surface area contributed by atoms with Crippen LogP contribution in [-0.2, 0) is 16.8 Å². The first-order valence-corrected chi connectivity index (χ1v) is 10.6. The molecule has 34 heavy (non-hydrogen) atoms. The number of nitrogens with zero attached hydrogens (tertiary/aromatic N) is 5. The zero-order chi connectivity index (χ0) is 23.9. The molecule has 0 saturated heterocycles. The number of nitrogens with one attached hydrogen (secondary N) is 1. The molecule has 5 rings (SSSR count). The van der Waals surface area contributed by atoms with E-state index in [1.165, 1.54) is 35.3 Å². The monoisotopic (exact) mass is 476 g/mol. The number of carbonyl (C=O) groups excluding carboxylic acids is 1. The van der Waals surface area contributed by atoms with Gasteiger partial charge in [-0.3, -0.25) is 9.78 Å². The first-order chi connectivity index (χ1) is 16.3. The number of benzene rings is 2. The second-order valence-electron chi connectivity index (χ2n) is 7.84. The molecule has 4 aromatic rings. The number of carbonyl (C=O) groups is 2. The minimum atomic E-state index is -1.81. The molecule has 170 valence electrons. The topological polar surface area (TPSA) is 143 Å². The summed E-state index contributed by atoms with van der Waals surface area (Å²) in [6.07, 6.45) is 3.65. The summed E-state index contributed by atoms with van der Waals surface area (Å²) < 4.78 is 1.51. The number of carboxylic acids is 1. The van der Waals surface area contributed by atoms with Crippen LogP contribution in [0.3, 0.4) is 0 Å². The molecule has 0 aliphatic heterocycles. The highest BCUT2D eigenvalue weighted by Crippen LogP contribution is 2.39. The summed E-state index contributed by atoms with van der Waals surface area (Å²) in [5, 5.41) is 34.7. The molecular formula is C23H17ClN6O4. The Morgan fingerprint density at radius 2 is 1.91 bits per heavy atom. The van der Waals surface area contributed by atoms with Gasteiger partial charge in [-0.25, -0.2) is 4.79 Å². The molecule has 1 atom stereocenters. The largest absolute Gasteiger partial charge is 0.478 e. The van der Waals surface area contributed by atoms with Crippen molar-refractivity contribution in [2.45, 2.75) is 18.4 Å². The molecule has 1 aliphatic carbocycles. The van der Waals surface area contributed by atoms with E-state index in [1.807, 2.05) is 6.07 Å². The highest BCUT2D eigenvalue weighted by molar-refractivity contribution is 6.31. The van der Waals surface area contributed by atoms with Gasteiger partial charge in [0.2, 0.25) is 0 Å². The highest BCUT2D eigenvalue weighted by Gasteiger charge is 2.45. The van der Waals surface area contributed by atoms with Crippen LogP contribution in [0.5, 0.6) is 0 Å². The number of tetrazole rings is 1. The van der Waals surface area contributed by atoms with Gasteiger partial charge < -0.3 is 15.5 Å². The van der Waals surface area contributed by atoms with E-state index in [0.29, 0.717) is 22.8 Å². The summed E-state index contributed by atoms with van der Waals surface area (Å²) >= 11 is 6.23. The molecule has 1 amide bonds. The summed E-state index contributed by atoms with van der Waals surface area (Å²) in [4.78, 5) is 28.4. The van der Waals surface area contributed by atoms with Gasteiger partial charge in [-0.15, -0.1) is 5.10 Å². The molecule has 11 heteroatoms. The number of aromatic nitrogens is 5. The fraction of sp³-hybridized carbons (Fsp3) is 0.130. The predicted molar refractivity (Wildman–Crippen MR) is 122 cm³/mol. The van der Waals surface area contributed by atoms with Crippen molar-refractivity contribution < 1.29 is 19.8 Å². The number of aryl methyl sites for hydroxylation is 1. The number of halogens is 1. The molecule has 1 unspecified atom stereocenters. The lowest BCUT2D eigenvalue weighted by Crippen LogP contribution is -2.39. The SMILES string of the molecule is O=C(O)c1ccc(NC(=O)C2(O)CCc3cc(-c4cc(Cl)ccc4-n4cnnn4)cnc32)cc1. The number of anilines is 1. The van der Waals surface area contributed by atoms with Crippen LogP contribution < -0.4 is 5.32 Å². The normalized spacial score (nSPS) is 16.8. The molecule has 1 aliphatic rings. The summed E-state index contributed by atoms with van der Waals surface area (Å²) in [5.74, 6) is -1.70. The standard InChI is InChI=1S/C23H17ClN6O4/c24-16-3-6-19(30-12-26-28-29-30)18(10-16)15-9-14-7-8-23(34,20(14)25-11-15)22(33)27-17-4-1-13(2-5-17)21(31)32/h1-6,9-12,34H,7-8H2,(H,27,33)(H,31,32). The molecule has 10 nitrogen and oxygen atoms in total. The van der Waals surface area contributed by atoms with Crippen molar-refractivity contribution >= 4 is 29.2 Å². The van der Waals surface area contributed by atoms with Gasteiger partial charge in [0.05, 0.1) is 16.9 Å². The number of fused-ring (bicyclic) bond motifs is 1. The van der Waals surface area contributed by atoms with Crippen molar-refractivity contribution in [3.05, 3.63) is 82.9 Å². The minimum absolute atomic E-state index is 0.0965. The van der Waals surface area contributed by atoms with Crippen molar-refractivity contribution in [2.24, 2.45) is 0 Å². The fourth-order valence-corrected chi connectivity index (χ4v) is 4.19. The number of amides is 1. The van der Waals surface area contributed by atoms with Crippen LogP contribution in [0.1, 0.15) is 28.0 Å². The maximum Gasteiger partial charge on any atom is 0.335 e. The van der Waals surface area contributed by atoms with Gasteiger partial charge in [0, 0.05) is 28.0 Å². The summed E-state index contributed by atoms with van der Waals surface area (Å²) in [5.41, 5.74) is 1.85. The van der Waals surface area contributed by atoms with Gasteiger partial charge in [-0.05, 0) is 77.4 Å². The lowest BCUT2D eigenvalue weighted by atomic mass is 9.98. The van der Waals surface area contributed by atoms with E-state index in [1.54, 1.807) is 24.4 Å². The average molecular weight is 477 g/mol. The van der Waals surface area contributed by atoms with Crippen LogP contribution in [-0.4, -0.2) is 47.3 Å². The van der Waals surface area contributed by atoms with Gasteiger partial charge in [0.15, 0.2) is 5.60 Å². The quantitative estimate of drug-likeness (QED) is 0.399. The van der Waals surface area contributed by atoms with Crippen molar-refractivity contribution in [1.82, 2.24) is 25.2 Å². The number of hydrogen-bond donors (Lipinski definition) is 3. The van der Waals surface area contributed by atoms with E-state index in [-0.39, 0.29) is 17.7 Å². The van der Waals surface area contributed by atoms with Crippen LogP contribution in [0.15, 0.2) is 61.1 Å². The molecule has 0 saturated carbocycles. The van der Waals surface area contributed by atoms with E-state index >= 15 is 0 Å². The van der Waals surface area contributed by atoms with Crippen LogP contribution in [0.25, 0.3) is 16.8 Å². The molecule has 0 spiro atoms. The van der Waals surface area contributed by atoms with Crippen molar-refractivity contribution in [3.63, 3.8) is 0 Å². The lowest BCUT2D eigenvalue weighted by molar-refractivity contribution is -0.135. The Morgan fingerprint density at radius 1 is 1.12 bits per heavy atom. The van der Waals surface area contributed by atoms with Crippen molar-refractivity contribution in [3.8, 4) is 16.8 Å². The molecule has 2 heterocycles. The van der Waals surface area contributed by atoms with E-state index in [4.69, 9.17) is 16.7 Å². The number of aromatic carboxylic acids is 1.